The highest BCUT2D eigenvalue weighted by Crippen LogP contribution is 2.37. The predicted molar refractivity (Wildman–Crippen MR) is 81.9 cm³/mol. The smallest absolute Gasteiger partial charge is 0.324 e. The van der Waals surface area contributed by atoms with Crippen molar-refractivity contribution in [2.75, 3.05) is 18.0 Å². The van der Waals surface area contributed by atoms with Gasteiger partial charge in [-0.2, -0.15) is 4.98 Å². The fraction of sp³-hybridized carbons (Fsp3) is 0.875. The topological polar surface area (TPSA) is 42.2 Å². The van der Waals surface area contributed by atoms with Gasteiger partial charge < -0.3 is 9.42 Å². The van der Waals surface area contributed by atoms with Gasteiger partial charge in [0.25, 0.3) is 0 Å². The lowest BCUT2D eigenvalue weighted by molar-refractivity contribution is 0.151. The minimum atomic E-state index is 0.325. The molecule has 20 heavy (non-hydrogen) atoms. The highest BCUT2D eigenvalue weighted by Gasteiger charge is 2.32. The molecule has 1 saturated heterocycles. The zero-order chi connectivity index (χ0) is 14.9. The quantitative estimate of drug-likeness (QED) is 0.835. The lowest BCUT2D eigenvalue weighted by Gasteiger charge is -2.39. The van der Waals surface area contributed by atoms with Crippen LogP contribution in [0.15, 0.2) is 4.52 Å². The lowest BCUT2D eigenvalue weighted by Crippen LogP contribution is -2.38. The summed E-state index contributed by atoms with van der Waals surface area (Å²) < 4.78 is 5.39. The van der Waals surface area contributed by atoms with Crippen LogP contribution in [-0.2, 0) is 0 Å². The van der Waals surface area contributed by atoms with Crippen LogP contribution < -0.4 is 4.90 Å². The van der Waals surface area contributed by atoms with Crippen LogP contribution in [0.1, 0.15) is 66.1 Å². The van der Waals surface area contributed by atoms with Crippen molar-refractivity contribution >= 4 is 6.01 Å². The van der Waals surface area contributed by atoms with Gasteiger partial charge in [0.2, 0.25) is 0 Å². The van der Waals surface area contributed by atoms with Gasteiger partial charge in [-0.3, -0.25) is 0 Å². The Bertz CT molecular complexity index is 425. The molecule has 1 aliphatic heterocycles. The Morgan fingerprint density at radius 2 is 1.75 bits per heavy atom. The molecule has 1 atom stereocenters. The average Bonchev–Trinajstić information content (AvgIpc) is 2.86. The Balaban J connectivity index is 1.94. The fourth-order valence-electron chi connectivity index (χ4n) is 2.89. The van der Waals surface area contributed by atoms with E-state index in [1.54, 1.807) is 0 Å². The van der Waals surface area contributed by atoms with Gasteiger partial charge >= 0.3 is 6.01 Å². The number of hydrogen-bond donors (Lipinski definition) is 0. The first kappa shape index (κ1) is 15.3. The summed E-state index contributed by atoms with van der Waals surface area (Å²) in [4.78, 5) is 6.74. The molecule has 0 spiro atoms. The summed E-state index contributed by atoms with van der Waals surface area (Å²) >= 11 is 0. The summed E-state index contributed by atoms with van der Waals surface area (Å²) in [6, 6.07) is 0.704. The molecule has 1 aliphatic rings. The molecule has 0 aliphatic carbocycles. The molecular formula is C16H29N3O. The summed E-state index contributed by atoms with van der Waals surface area (Å²) in [5.41, 5.74) is 0.391. The second kappa shape index (κ2) is 5.74. The maximum atomic E-state index is 5.39. The van der Waals surface area contributed by atoms with Crippen molar-refractivity contribution in [1.29, 1.82) is 0 Å². The third-order valence-electron chi connectivity index (χ3n) is 4.83. The third-order valence-corrected chi connectivity index (χ3v) is 4.83. The van der Waals surface area contributed by atoms with E-state index in [2.05, 4.69) is 56.6 Å². The zero-order valence-corrected chi connectivity index (χ0v) is 13.8. The molecule has 0 radical (unpaired) electrons. The Morgan fingerprint density at radius 3 is 2.20 bits per heavy atom. The molecule has 0 N–H and O–H groups in total. The Hall–Kier alpha value is -1.06. The molecule has 2 rings (SSSR count). The minimum Gasteiger partial charge on any atom is -0.324 e. The summed E-state index contributed by atoms with van der Waals surface area (Å²) in [7, 11) is 0. The maximum Gasteiger partial charge on any atom is 0.324 e. The van der Waals surface area contributed by atoms with Crippen LogP contribution in [0.2, 0.25) is 0 Å². The van der Waals surface area contributed by atoms with Gasteiger partial charge in [-0.1, -0.05) is 46.7 Å². The number of aromatic nitrogens is 2. The Morgan fingerprint density at radius 1 is 1.15 bits per heavy atom. The van der Waals surface area contributed by atoms with Crippen LogP contribution in [0.3, 0.4) is 0 Å². The Kier molecular flexibility index (Phi) is 4.40. The van der Waals surface area contributed by atoms with Crippen LogP contribution in [0.25, 0.3) is 0 Å². The molecule has 1 aromatic rings. The van der Waals surface area contributed by atoms with Crippen molar-refractivity contribution in [1.82, 2.24) is 10.1 Å². The average molecular weight is 279 g/mol. The van der Waals surface area contributed by atoms with Crippen LogP contribution in [0, 0.1) is 17.3 Å². The van der Waals surface area contributed by atoms with Crippen LogP contribution >= 0.6 is 0 Å². The van der Waals surface area contributed by atoms with Gasteiger partial charge in [0.05, 0.1) is 0 Å². The molecule has 1 aromatic heterocycles. The molecule has 0 amide bonds. The van der Waals surface area contributed by atoms with Crippen LogP contribution in [0.4, 0.5) is 6.01 Å². The molecule has 4 heteroatoms. The molecule has 2 heterocycles. The van der Waals surface area contributed by atoms with Gasteiger partial charge in [0.15, 0.2) is 5.82 Å². The SMILES string of the molecule is CC(C)c1noc(N2CCC(C(C)C(C)(C)C)CC2)n1. The van der Waals surface area contributed by atoms with E-state index in [-0.39, 0.29) is 0 Å². The summed E-state index contributed by atoms with van der Waals surface area (Å²) in [6.07, 6.45) is 2.44. The van der Waals surface area contributed by atoms with E-state index >= 15 is 0 Å². The third kappa shape index (κ3) is 3.33. The standard InChI is InChI=1S/C16H29N3O/c1-11(2)14-17-15(20-18-14)19-9-7-13(8-10-19)12(3)16(4,5)6/h11-13H,7-10H2,1-6H3. The lowest BCUT2D eigenvalue weighted by atomic mass is 9.71. The summed E-state index contributed by atoms with van der Waals surface area (Å²) in [6.45, 7) is 15.7. The summed E-state index contributed by atoms with van der Waals surface area (Å²) in [5.74, 6) is 2.69. The predicted octanol–water partition coefficient (Wildman–Crippen LogP) is 4.09. The fourth-order valence-corrected chi connectivity index (χ4v) is 2.89. The van der Waals surface area contributed by atoms with Gasteiger partial charge in [0, 0.05) is 19.0 Å². The Labute approximate surface area is 122 Å². The number of nitrogens with zero attached hydrogens (tertiary/aromatic N) is 3. The minimum absolute atomic E-state index is 0.325. The highest BCUT2D eigenvalue weighted by molar-refractivity contribution is 5.26. The van der Waals surface area contributed by atoms with Gasteiger partial charge in [0.1, 0.15) is 0 Å². The van der Waals surface area contributed by atoms with Crippen molar-refractivity contribution in [2.45, 2.75) is 60.3 Å². The molecule has 114 valence electrons. The second-order valence-electron chi connectivity index (χ2n) is 7.57. The van der Waals surface area contributed by atoms with Gasteiger partial charge in [-0.05, 0) is 30.1 Å². The van der Waals surface area contributed by atoms with Crippen LogP contribution in [-0.4, -0.2) is 23.2 Å². The van der Waals surface area contributed by atoms with Gasteiger partial charge in [-0.15, -0.1) is 0 Å². The van der Waals surface area contributed by atoms with Crippen LogP contribution in [0.5, 0.6) is 0 Å². The van der Waals surface area contributed by atoms with Crippen molar-refractivity contribution in [3.05, 3.63) is 5.82 Å². The largest absolute Gasteiger partial charge is 0.324 e. The first-order chi connectivity index (χ1) is 9.29. The monoisotopic (exact) mass is 279 g/mol. The molecular weight excluding hydrogens is 250 g/mol. The first-order valence-electron chi connectivity index (χ1n) is 7.87. The van der Waals surface area contributed by atoms with E-state index in [1.165, 1.54) is 12.8 Å². The van der Waals surface area contributed by atoms with Crippen molar-refractivity contribution < 1.29 is 4.52 Å². The number of hydrogen-bond acceptors (Lipinski definition) is 4. The molecule has 0 bridgehead atoms. The zero-order valence-electron chi connectivity index (χ0n) is 13.8. The van der Waals surface area contributed by atoms with E-state index in [1.807, 2.05) is 0 Å². The molecule has 1 unspecified atom stereocenters. The normalized spacial score (nSPS) is 19.6. The first-order valence-corrected chi connectivity index (χ1v) is 7.87. The molecule has 0 saturated carbocycles. The van der Waals surface area contributed by atoms with Crippen molar-refractivity contribution in [3.8, 4) is 0 Å². The van der Waals surface area contributed by atoms with E-state index in [4.69, 9.17) is 4.52 Å². The maximum absolute atomic E-state index is 5.39. The number of rotatable bonds is 3. The van der Waals surface area contributed by atoms with Crippen molar-refractivity contribution in [2.24, 2.45) is 17.3 Å². The molecule has 1 fully saturated rings. The van der Waals surface area contributed by atoms with E-state index in [9.17, 15) is 0 Å². The van der Waals surface area contributed by atoms with E-state index < -0.39 is 0 Å². The summed E-state index contributed by atoms with van der Waals surface area (Å²) in [5, 5.41) is 4.06. The van der Waals surface area contributed by atoms with Crippen molar-refractivity contribution in [3.63, 3.8) is 0 Å². The number of anilines is 1. The molecule has 4 nitrogen and oxygen atoms in total. The van der Waals surface area contributed by atoms with E-state index in [0.29, 0.717) is 17.3 Å². The second-order valence-corrected chi connectivity index (χ2v) is 7.57. The van der Waals surface area contributed by atoms with Gasteiger partial charge in [-0.25, -0.2) is 0 Å². The highest BCUT2D eigenvalue weighted by atomic mass is 16.5. The molecule has 0 aromatic carbocycles. The van der Waals surface area contributed by atoms with E-state index in [0.717, 1.165) is 30.7 Å². The number of piperidine rings is 1.